The molecule has 2 saturated carbocycles. The monoisotopic (exact) mass is 510 g/mol. The van der Waals surface area contributed by atoms with Crippen LogP contribution in [0.2, 0.25) is 0 Å². The molecule has 2 aromatic rings. The lowest BCUT2D eigenvalue weighted by Gasteiger charge is -2.55. The van der Waals surface area contributed by atoms with Gasteiger partial charge in [0.15, 0.2) is 0 Å². The lowest BCUT2D eigenvalue weighted by Crippen LogP contribution is -2.59. The van der Waals surface area contributed by atoms with Crippen LogP contribution < -0.4 is 0 Å². The van der Waals surface area contributed by atoms with Gasteiger partial charge >= 0.3 is 0 Å². The zero-order valence-electron chi connectivity index (χ0n) is 23.1. The van der Waals surface area contributed by atoms with E-state index in [0.29, 0.717) is 17.9 Å². The number of nitrogens with zero attached hydrogens (tertiary/aromatic N) is 2. The first-order chi connectivity index (χ1) is 18.3. The highest BCUT2D eigenvalue weighted by Gasteiger charge is 2.66. The molecule has 2 bridgehead atoms. The third-order valence-corrected chi connectivity index (χ3v) is 12.1. The predicted octanol–water partition coefficient (Wildman–Crippen LogP) is 6.71. The number of ether oxygens (including phenoxy) is 1. The van der Waals surface area contributed by atoms with E-state index in [1.165, 1.54) is 54.0 Å². The Balaban J connectivity index is 1.10. The Hall–Kier alpha value is -1.98. The maximum absolute atomic E-state index is 12.5. The fraction of sp³-hybridized carbons (Fsp3) is 0.588. The lowest BCUT2D eigenvalue weighted by atomic mass is 9.58. The van der Waals surface area contributed by atoms with Crippen molar-refractivity contribution in [3.63, 3.8) is 0 Å². The maximum atomic E-state index is 12.5. The van der Waals surface area contributed by atoms with Gasteiger partial charge in [0.05, 0.1) is 31.3 Å². The Bertz CT molecular complexity index is 1350. The molecule has 3 aliphatic carbocycles. The summed E-state index contributed by atoms with van der Waals surface area (Å²) >= 11 is 0. The summed E-state index contributed by atoms with van der Waals surface area (Å²) in [4.78, 5) is 2.62. The van der Waals surface area contributed by atoms with Crippen molar-refractivity contribution in [2.75, 3.05) is 33.2 Å². The molecule has 2 spiro atoms. The predicted molar refractivity (Wildman–Crippen MR) is 153 cm³/mol. The molecule has 38 heavy (non-hydrogen) atoms. The Kier molecular flexibility index (Phi) is 5.05. The number of fused-ring (bicyclic) bond motifs is 2. The minimum atomic E-state index is -0.101. The number of likely N-dealkylation sites (N-methyl/N-ethyl adjacent to an activating group) is 1. The van der Waals surface area contributed by atoms with Crippen molar-refractivity contribution >= 4 is 10.8 Å². The molecule has 2 saturated heterocycles. The topological polar surface area (TPSA) is 35.5 Å². The lowest BCUT2D eigenvalue weighted by molar-refractivity contribution is -0.865. The highest BCUT2D eigenvalue weighted by molar-refractivity contribution is 5.83. The van der Waals surface area contributed by atoms with Gasteiger partial charge in [-0.1, -0.05) is 61.5 Å². The van der Waals surface area contributed by atoms with E-state index in [4.69, 9.17) is 4.74 Å². The summed E-state index contributed by atoms with van der Waals surface area (Å²) in [5.41, 5.74) is 4.66. The van der Waals surface area contributed by atoms with Gasteiger partial charge in [-0.3, -0.25) is 4.90 Å². The van der Waals surface area contributed by atoms with Crippen LogP contribution in [0.3, 0.4) is 0 Å². The number of hydrogen-bond acceptors (Lipinski definition) is 3. The SMILES string of the molecule is C[C@]12CC=C3C=C4CC[C@@H](N5CC[N+](C)([O-])CC5)C[C@]45CCC3(O5)[C@@H]1CC[C@@H]2c1ccc2ccccc2c1. The van der Waals surface area contributed by atoms with Crippen molar-refractivity contribution in [2.45, 2.75) is 81.5 Å². The van der Waals surface area contributed by atoms with Gasteiger partial charge in [0.25, 0.3) is 0 Å². The molecule has 3 heterocycles. The minimum absolute atomic E-state index is 0.0768. The normalized spacial score (nSPS) is 41.7. The second-order valence-electron chi connectivity index (χ2n) is 14.0. The van der Waals surface area contributed by atoms with Gasteiger partial charge < -0.3 is 14.6 Å². The fourth-order valence-corrected chi connectivity index (χ4v) is 9.94. The van der Waals surface area contributed by atoms with Gasteiger partial charge in [-0.25, -0.2) is 0 Å². The van der Waals surface area contributed by atoms with E-state index in [9.17, 15) is 5.21 Å². The molecule has 8 rings (SSSR count). The van der Waals surface area contributed by atoms with E-state index in [1.807, 2.05) is 7.05 Å². The number of quaternary nitrogens is 1. The highest BCUT2D eigenvalue weighted by Crippen LogP contribution is 2.69. The second kappa shape index (κ2) is 8.04. The molecule has 4 heteroatoms. The van der Waals surface area contributed by atoms with Crippen molar-refractivity contribution in [1.82, 2.24) is 4.90 Å². The molecule has 6 aliphatic rings. The van der Waals surface area contributed by atoms with E-state index >= 15 is 0 Å². The van der Waals surface area contributed by atoms with Crippen LogP contribution in [0.4, 0.5) is 0 Å². The van der Waals surface area contributed by atoms with Crippen molar-refractivity contribution < 1.29 is 9.38 Å². The van der Waals surface area contributed by atoms with E-state index in [-0.39, 0.29) is 21.3 Å². The summed E-state index contributed by atoms with van der Waals surface area (Å²) < 4.78 is 7.47. The third-order valence-electron chi connectivity index (χ3n) is 12.1. The molecule has 1 unspecified atom stereocenters. The van der Waals surface area contributed by atoms with Crippen LogP contribution >= 0.6 is 0 Å². The van der Waals surface area contributed by atoms with Crippen molar-refractivity contribution in [2.24, 2.45) is 11.3 Å². The summed E-state index contributed by atoms with van der Waals surface area (Å²) in [6.45, 7) is 5.89. The standard InChI is InChI=1S/C34H42N2O2/c1-32-14-13-28-22-27-9-10-29(35-17-19-36(2,37)20-18-35)23-33(27)15-16-34(28,38-33)31(32)12-11-30(32)26-8-7-24-5-3-4-6-25(24)21-26/h3-8,13,21-22,29-31H,9-12,14-20,23H2,1-2H3/t29-,30-,31-,32-,33-,34?/m1/s1. The van der Waals surface area contributed by atoms with Crippen LogP contribution in [0, 0.1) is 16.5 Å². The van der Waals surface area contributed by atoms with Gasteiger partial charge in [0.2, 0.25) is 0 Å². The zero-order chi connectivity index (χ0) is 25.8. The van der Waals surface area contributed by atoms with Gasteiger partial charge in [0, 0.05) is 19.1 Å². The Morgan fingerprint density at radius 1 is 1.00 bits per heavy atom. The molecule has 4 fully saturated rings. The number of benzene rings is 2. The zero-order valence-corrected chi connectivity index (χ0v) is 23.1. The van der Waals surface area contributed by atoms with Gasteiger partial charge in [-0.15, -0.1) is 0 Å². The average Bonchev–Trinajstić information content (AvgIpc) is 3.43. The molecule has 0 aromatic heterocycles. The quantitative estimate of drug-likeness (QED) is 0.333. The fourth-order valence-electron chi connectivity index (χ4n) is 9.94. The van der Waals surface area contributed by atoms with E-state index in [2.05, 4.69) is 66.4 Å². The second-order valence-corrected chi connectivity index (χ2v) is 14.0. The third kappa shape index (κ3) is 3.30. The van der Waals surface area contributed by atoms with Crippen molar-refractivity contribution in [3.05, 3.63) is 76.5 Å². The van der Waals surface area contributed by atoms with Crippen LogP contribution in [0.1, 0.15) is 69.8 Å². The maximum Gasteiger partial charge on any atom is 0.0974 e. The Morgan fingerprint density at radius 3 is 2.66 bits per heavy atom. The van der Waals surface area contributed by atoms with Crippen molar-refractivity contribution in [1.29, 1.82) is 0 Å². The molecule has 6 atom stereocenters. The summed E-state index contributed by atoms with van der Waals surface area (Å²) in [5, 5.41) is 15.2. The number of hydroxylamine groups is 3. The number of rotatable bonds is 2. The Labute approximate surface area is 227 Å². The minimum Gasteiger partial charge on any atom is -0.633 e. The number of allylic oxidation sites excluding steroid dienone is 1. The Morgan fingerprint density at radius 2 is 1.82 bits per heavy atom. The number of hydrogen-bond donors (Lipinski definition) is 0. The summed E-state index contributed by atoms with van der Waals surface area (Å²) in [7, 11) is 1.84. The molecular weight excluding hydrogens is 468 g/mol. The van der Waals surface area contributed by atoms with Crippen molar-refractivity contribution in [3.8, 4) is 0 Å². The van der Waals surface area contributed by atoms with Gasteiger partial charge in [-0.05, 0) is 96.1 Å². The van der Waals surface area contributed by atoms with Crippen LogP contribution in [-0.4, -0.2) is 60.0 Å². The van der Waals surface area contributed by atoms with Gasteiger partial charge in [0.1, 0.15) is 0 Å². The molecule has 2 aromatic carbocycles. The van der Waals surface area contributed by atoms with Crippen LogP contribution in [0.5, 0.6) is 0 Å². The smallest absolute Gasteiger partial charge is 0.0974 e. The first kappa shape index (κ1) is 23.9. The summed E-state index contributed by atoms with van der Waals surface area (Å²) in [6.07, 6.45) is 14.7. The van der Waals surface area contributed by atoms with Crippen LogP contribution in [0.25, 0.3) is 10.8 Å². The number of piperazine rings is 1. The van der Waals surface area contributed by atoms with E-state index in [0.717, 1.165) is 45.4 Å². The largest absolute Gasteiger partial charge is 0.633 e. The van der Waals surface area contributed by atoms with E-state index < -0.39 is 0 Å². The first-order valence-electron chi connectivity index (χ1n) is 15.2. The average molecular weight is 511 g/mol. The molecule has 200 valence electrons. The molecule has 3 aliphatic heterocycles. The van der Waals surface area contributed by atoms with Crippen LogP contribution in [-0.2, 0) is 4.74 Å². The molecule has 4 nitrogen and oxygen atoms in total. The highest BCUT2D eigenvalue weighted by atomic mass is 16.5. The molecular formula is C34H42N2O2. The summed E-state index contributed by atoms with van der Waals surface area (Å²) in [5.74, 6) is 1.17. The molecule has 0 N–H and O–H groups in total. The molecule has 0 radical (unpaired) electrons. The molecule has 0 amide bonds. The first-order valence-corrected chi connectivity index (χ1v) is 15.2. The van der Waals surface area contributed by atoms with Gasteiger partial charge in [-0.2, -0.15) is 0 Å². The van der Waals surface area contributed by atoms with E-state index in [1.54, 1.807) is 5.57 Å². The summed E-state index contributed by atoms with van der Waals surface area (Å²) in [6, 6.07) is 16.6. The van der Waals surface area contributed by atoms with Crippen LogP contribution in [0.15, 0.2) is 65.8 Å².